The summed E-state index contributed by atoms with van der Waals surface area (Å²) in [5.74, 6) is 0. The van der Waals surface area contributed by atoms with Crippen molar-refractivity contribution in [3.8, 4) is 0 Å². The topological polar surface area (TPSA) is 38.0 Å². The lowest BCUT2D eigenvalue weighted by Crippen LogP contribution is -2.29. The number of nitrogens with two attached hydrogens (primary N) is 1. The summed E-state index contributed by atoms with van der Waals surface area (Å²) >= 11 is 0. The molecule has 210 valence electrons. The van der Waals surface area contributed by atoms with E-state index in [0.717, 1.165) is 45.9 Å². The minimum Gasteiger partial charge on any atom is -0.399 e. The van der Waals surface area contributed by atoms with Gasteiger partial charge in [0.25, 0.3) is 0 Å². The maximum absolute atomic E-state index is 6.11. The van der Waals surface area contributed by atoms with Crippen molar-refractivity contribution in [1.29, 1.82) is 0 Å². The minimum absolute atomic E-state index is 0.840. The Bertz CT molecular complexity index is 1170. The quantitative estimate of drug-likeness (QED) is 0.307. The van der Waals surface area contributed by atoms with E-state index in [1.54, 1.807) is 0 Å². The summed E-state index contributed by atoms with van der Waals surface area (Å²) in [7, 11) is 0. The van der Waals surface area contributed by atoms with Crippen LogP contribution in [0.5, 0.6) is 0 Å². The molecule has 2 heteroatoms. The number of aryl methyl sites for hydroxylation is 4. The molecule has 0 aliphatic carbocycles. The molecule has 2 nitrogen and oxygen atoms in total. The van der Waals surface area contributed by atoms with Gasteiger partial charge in [-0.3, -0.25) is 0 Å². The van der Waals surface area contributed by atoms with E-state index in [1.807, 2.05) is 26.0 Å². The fourth-order valence-electron chi connectivity index (χ4n) is 3.54. The summed E-state index contributed by atoms with van der Waals surface area (Å²) in [5, 5.41) is 5.83. The lowest BCUT2D eigenvalue weighted by Gasteiger charge is -2.17. The highest BCUT2D eigenvalue weighted by Gasteiger charge is 2.10. The van der Waals surface area contributed by atoms with E-state index in [0.29, 0.717) is 0 Å². The van der Waals surface area contributed by atoms with Crippen molar-refractivity contribution in [3.05, 3.63) is 92.9 Å². The first-order valence-corrected chi connectivity index (χ1v) is 14.8. The van der Waals surface area contributed by atoms with Gasteiger partial charge in [0.15, 0.2) is 0 Å². The van der Waals surface area contributed by atoms with Gasteiger partial charge in [-0.2, -0.15) is 0 Å². The smallest absolute Gasteiger partial charge is 0.0540 e. The van der Waals surface area contributed by atoms with E-state index in [9.17, 15) is 0 Å². The van der Waals surface area contributed by atoms with Crippen LogP contribution >= 0.6 is 0 Å². The number of hydrogen-bond donors (Lipinski definition) is 2. The van der Waals surface area contributed by atoms with E-state index in [1.165, 1.54) is 47.9 Å². The Labute approximate surface area is 235 Å². The second-order valence-corrected chi connectivity index (χ2v) is 9.43. The molecule has 0 fully saturated rings. The molecule has 0 unspecified atom stereocenters. The molecular formula is C36H56N2. The fraction of sp³-hybridized carbons (Fsp3) is 0.444. The molecule has 0 heterocycles. The predicted octanol–water partition coefficient (Wildman–Crippen LogP) is 9.33. The molecule has 3 rings (SSSR count). The average molecular weight is 517 g/mol. The van der Waals surface area contributed by atoms with Crippen LogP contribution in [0.3, 0.4) is 0 Å². The molecule has 0 saturated carbocycles. The third-order valence-electron chi connectivity index (χ3n) is 6.30. The maximum atomic E-state index is 6.11. The first-order chi connectivity index (χ1) is 18.3. The minimum atomic E-state index is 0.840. The van der Waals surface area contributed by atoms with Gasteiger partial charge in [-0.1, -0.05) is 124 Å². The Morgan fingerprint density at radius 3 is 1.84 bits per heavy atom. The fourth-order valence-corrected chi connectivity index (χ4v) is 3.54. The van der Waals surface area contributed by atoms with Crippen LogP contribution in [0.4, 0.5) is 11.4 Å². The van der Waals surface area contributed by atoms with Crippen LogP contribution in [0.2, 0.25) is 0 Å². The van der Waals surface area contributed by atoms with Gasteiger partial charge in [0, 0.05) is 22.2 Å². The molecule has 0 aliphatic heterocycles. The molecular weight excluding hydrogens is 460 g/mol. The van der Waals surface area contributed by atoms with E-state index < -0.39 is 0 Å². The highest BCUT2D eigenvalue weighted by molar-refractivity contribution is 5.79. The second kappa shape index (κ2) is 20.0. The zero-order valence-electron chi connectivity index (χ0n) is 26.2. The first-order valence-electron chi connectivity index (χ1n) is 14.8. The van der Waals surface area contributed by atoms with Gasteiger partial charge in [0.2, 0.25) is 0 Å². The third kappa shape index (κ3) is 11.6. The van der Waals surface area contributed by atoms with Crippen molar-refractivity contribution < 1.29 is 0 Å². The lowest BCUT2D eigenvalue weighted by molar-refractivity contribution is 0.886. The molecule has 0 spiro atoms. The zero-order chi connectivity index (χ0) is 29.1. The lowest BCUT2D eigenvalue weighted by atomic mass is 9.98. The Kier molecular flexibility index (Phi) is 18.4. The summed E-state index contributed by atoms with van der Waals surface area (Å²) in [4.78, 5) is 0. The molecule has 0 atom stereocenters. The highest BCUT2D eigenvalue weighted by Crippen LogP contribution is 2.24. The van der Waals surface area contributed by atoms with Gasteiger partial charge in [0.05, 0.1) is 5.70 Å². The van der Waals surface area contributed by atoms with Crippen molar-refractivity contribution in [3.63, 3.8) is 0 Å². The van der Waals surface area contributed by atoms with Gasteiger partial charge < -0.3 is 11.1 Å². The largest absolute Gasteiger partial charge is 0.399 e. The average Bonchev–Trinajstić information content (AvgIpc) is 2.94. The Balaban J connectivity index is 0.00000119. The molecule has 3 aromatic carbocycles. The molecule has 0 aliphatic rings. The van der Waals surface area contributed by atoms with Crippen LogP contribution in [0, 0.1) is 13.8 Å². The highest BCUT2D eigenvalue weighted by atomic mass is 14.9. The molecule has 3 aromatic rings. The SMILES string of the molecule is C=c1cc(C)cc/c1=C(\Nc1ccc(N)c(CC)c1)c1cc(CC)ccc1C.CC.CCCC.CCCC. The normalized spacial score (nSPS) is 10.6. The van der Waals surface area contributed by atoms with Crippen molar-refractivity contribution in [2.24, 2.45) is 0 Å². The van der Waals surface area contributed by atoms with Crippen LogP contribution < -0.4 is 21.5 Å². The van der Waals surface area contributed by atoms with Gasteiger partial charge in [0.1, 0.15) is 0 Å². The van der Waals surface area contributed by atoms with Crippen molar-refractivity contribution in [1.82, 2.24) is 0 Å². The molecule has 0 radical (unpaired) electrons. The molecule has 0 amide bonds. The summed E-state index contributed by atoms with van der Waals surface area (Å²) < 4.78 is 0. The van der Waals surface area contributed by atoms with E-state index in [4.69, 9.17) is 5.73 Å². The van der Waals surface area contributed by atoms with Crippen molar-refractivity contribution in [2.45, 2.75) is 108 Å². The first kappa shape index (κ1) is 35.0. The van der Waals surface area contributed by atoms with Crippen LogP contribution in [-0.2, 0) is 12.8 Å². The number of nitrogen functional groups attached to an aromatic ring is 1. The summed E-state index contributed by atoms with van der Waals surface area (Å²) in [5.41, 5.74) is 15.2. The van der Waals surface area contributed by atoms with E-state index in [2.05, 4.69) is 110 Å². The summed E-state index contributed by atoms with van der Waals surface area (Å²) in [6.45, 7) is 25.6. The molecule has 0 bridgehead atoms. The number of unbranched alkanes of at least 4 members (excludes halogenated alkanes) is 2. The van der Waals surface area contributed by atoms with Crippen LogP contribution in [0.25, 0.3) is 12.3 Å². The number of rotatable bonds is 7. The molecule has 0 saturated heterocycles. The van der Waals surface area contributed by atoms with E-state index in [-0.39, 0.29) is 0 Å². The van der Waals surface area contributed by atoms with Gasteiger partial charge >= 0.3 is 0 Å². The van der Waals surface area contributed by atoms with Gasteiger partial charge in [-0.05, 0) is 72.9 Å². The van der Waals surface area contributed by atoms with Crippen molar-refractivity contribution in [2.75, 3.05) is 11.1 Å². The molecule has 3 N–H and O–H groups in total. The van der Waals surface area contributed by atoms with Crippen molar-refractivity contribution >= 4 is 23.7 Å². The van der Waals surface area contributed by atoms with Gasteiger partial charge in [-0.15, -0.1) is 0 Å². The monoisotopic (exact) mass is 516 g/mol. The Morgan fingerprint density at radius 1 is 0.737 bits per heavy atom. The second-order valence-electron chi connectivity index (χ2n) is 9.43. The number of nitrogens with one attached hydrogen (secondary N) is 1. The molecule has 38 heavy (non-hydrogen) atoms. The number of anilines is 2. The molecule has 0 aromatic heterocycles. The third-order valence-corrected chi connectivity index (χ3v) is 6.30. The zero-order valence-corrected chi connectivity index (χ0v) is 26.2. The predicted molar refractivity (Wildman–Crippen MR) is 175 cm³/mol. The van der Waals surface area contributed by atoms with E-state index >= 15 is 0 Å². The van der Waals surface area contributed by atoms with Crippen LogP contribution in [0.15, 0.2) is 54.6 Å². The number of benzene rings is 3. The Morgan fingerprint density at radius 2 is 1.34 bits per heavy atom. The van der Waals surface area contributed by atoms with Gasteiger partial charge in [-0.25, -0.2) is 0 Å². The summed E-state index contributed by atoms with van der Waals surface area (Å²) in [6.07, 6.45) is 7.19. The van der Waals surface area contributed by atoms with Crippen LogP contribution in [0.1, 0.15) is 109 Å². The number of hydrogen-bond acceptors (Lipinski definition) is 2. The van der Waals surface area contributed by atoms with Crippen LogP contribution in [-0.4, -0.2) is 0 Å². The maximum Gasteiger partial charge on any atom is 0.0540 e. The Hall–Kier alpha value is -3.00. The summed E-state index contributed by atoms with van der Waals surface area (Å²) in [6, 6.07) is 19.3. The standard InChI is InChI=1S/C26H30N2.2C4H10.C2H6/c1-6-20-10-9-18(4)24(15-20)26(23-12-8-17(3)14-19(23)5)28-22-11-13-25(27)21(7-2)16-22;2*1-3-4-2;1-2/h8-16,28H,5-7,27H2,1-4H3;2*3-4H2,1-2H3;1-2H3/b26-23+;;;.